The summed E-state index contributed by atoms with van der Waals surface area (Å²) in [5.41, 5.74) is 0. The van der Waals surface area contributed by atoms with Gasteiger partial charge in [0.2, 0.25) is 0 Å². The Balaban J connectivity index is 4.24. The molecule has 55 heavy (non-hydrogen) atoms. The highest BCUT2D eigenvalue weighted by atomic mass is 31.2. The van der Waals surface area contributed by atoms with Gasteiger partial charge in [0.15, 0.2) is 6.10 Å². The van der Waals surface area contributed by atoms with Crippen LogP contribution in [0.4, 0.5) is 0 Å². The lowest BCUT2D eigenvalue weighted by atomic mass is 10.0. The molecule has 0 aromatic carbocycles. The van der Waals surface area contributed by atoms with Gasteiger partial charge in [0.25, 0.3) is 7.82 Å². The Kier molecular flexibility index (Phi) is 38.8. The smallest absolute Gasteiger partial charge is 0.306 e. The molecule has 2 atom stereocenters. The Morgan fingerprint density at radius 1 is 0.564 bits per heavy atom. The molecule has 1 unspecified atom stereocenters. The number of hydrogen-bond donors (Lipinski definition) is 0. The molecule has 0 fully saturated rings. The molecule has 0 bridgehead atoms. The van der Waals surface area contributed by atoms with Crippen LogP contribution in [0.1, 0.15) is 213 Å². The van der Waals surface area contributed by atoms with Crippen LogP contribution in [0.25, 0.3) is 0 Å². The molecule has 0 aromatic rings. The largest absolute Gasteiger partial charge is 0.756 e. The molecular weight excluding hydrogens is 709 g/mol. The molecule has 8 nitrogen and oxygen atoms in total. The number of nitrogens with zero attached hydrogens (tertiary/aromatic N) is 1. The minimum atomic E-state index is -4.54. The van der Waals surface area contributed by atoms with Crippen molar-refractivity contribution in [3.8, 4) is 0 Å². The maximum absolute atomic E-state index is 12.7. The summed E-state index contributed by atoms with van der Waals surface area (Å²) >= 11 is 0. The van der Waals surface area contributed by atoms with Gasteiger partial charge in [-0.15, -0.1) is 0 Å². The molecule has 0 aliphatic heterocycles. The summed E-state index contributed by atoms with van der Waals surface area (Å²) < 4.78 is 34.4. The highest BCUT2D eigenvalue weighted by Gasteiger charge is 2.20. The van der Waals surface area contributed by atoms with Gasteiger partial charge in [0, 0.05) is 6.42 Å². The van der Waals surface area contributed by atoms with Crippen LogP contribution in [-0.2, 0) is 27.9 Å². The third-order valence-corrected chi connectivity index (χ3v) is 11.0. The van der Waals surface area contributed by atoms with Crippen LogP contribution in [0.15, 0.2) is 24.5 Å². The van der Waals surface area contributed by atoms with Gasteiger partial charge < -0.3 is 27.9 Å². The Hall–Kier alpha value is -1.18. The first-order valence-corrected chi connectivity index (χ1v) is 24.6. The van der Waals surface area contributed by atoms with E-state index in [1.165, 1.54) is 161 Å². The summed E-state index contributed by atoms with van der Waals surface area (Å²) in [6.45, 7) is 4.75. The summed E-state index contributed by atoms with van der Waals surface area (Å²) in [5, 5.41) is 0. The molecule has 0 N–H and O–H groups in total. The summed E-state index contributed by atoms with van der Waals surface area (Å²) in [4.78, 5) is 25.0. The number of likely N-dealkylation sites (N-methyl/N-ethyl adjacent to an activating group) is 1. The first kappa shape index (κ1) is 53.8. The van der Waals surface area contributed by atoms with E-state index in [1.54, 1.807) is 6.26 Å². The van der Waals surface area contributed by atoms with Crippen molar-refractivity contribution < 1.29 is 37.3 Å². The van der Waals surface area contributed by atoms with Gasteiger partial charge in [-0.3, -0.25) is 9.36 Å². The normalized spacial score (nSPS) is 13.9. The van der Waals surface area contributed by atoms with Crippen LogP contribution >= 0.6 is 7.82 Å². The van der Waals surface area contributed by atoms with E-state index >= 15 is 0 Å². The number of carbonyl (C=O) groups excluding carboxylic acids is 1. The van der Waals surface area contributed by atoms with Gasteiger partial charge in [0.1, 0.15) is 19.8 Å². The molecule has 0 heterocycles. The van der Waals surface area contributed by atoms with Gasteiger partial charge in [-0.2, -0.15) is 0 Å². The lowest BCUT2D eigenvalue weighted by Gasteiger charge is -2.28. The molecule has 0 amide bonds. The van der Waals surface area contributed by atoms with Crippen molar-refractivity contribution in [1.29, 1.82) is 0 Å². The van der Waals surface area contributed by atoms with E-state index < -0.39 is 13.9 Å². The van der Waals surface area contributed by atoms with Crippen LogP contribution in [0.2, 0.25) is 0 Å². The topological polar surface area (TPSA) is 94.1 Å². The minimum absolute atomic E-state index is 0.0180. The summed E-state index contributed by atoms with van der Waals surface area (Å²) in [7, 11) is 1.33. The molecule has 0 spiro atoms. The minimum Gasteiger partial charge on any atom is -0.756 e. The van der Waals surface area contributed by atoms with E-state index in [4.69, 9.17) is 18.5 Å². The molecule has 0 aliphatic rings. The highest BCUT2D eigenvalue weighted by Crippen LogP contribution is 2.38. The maximum atomic E-state index is 12.7. The average Bonchev–Trinajstić information content (AvgIpc) is 3.13. The highest BCUT2D eigenvalue weighted by molar-refractivity contribution is 7.45. The SMILES string of the molecule is CCCCCC/C=C/CCCCCCCCCCCC(=O)O[C@H](CO/C=C/CCCCCCCCCCCCCCCC)COP(=O)([O-])OCC[N+](C)(C)C. The monoisotopic (exact) mass is 800 g/mol. The second-order valence-corrected chi connectivity index (χ2v) is 18.2. The van der Waals surface area contributed by atoms with Crippen molar-refractivity contribution in [2.75, 3.05) is 47.5 Å². The average molecular weight is 800 g/mol. The van der Waals surface area contributed by atoms with Crippen LogP contribution in [0, 0.1) is 0 Å². The second-order valence-electron chi connectivity index (χ2n) is 16.8. The first-order chi connectivity index (χ1) is 26.6. The number of hydrogen-bond acceptors (Lipinski definition) is 7. The summed E-state index contributed by atoms with van der Waals surface area (Å²) in [6.07, 6.45) is 45.7. The number of rotatable bonds is 43. The zero-order valence-corrected chi connectivity index (χ0v) is 37.8. The van der Waals surface area contributed by atoms with Crippen LogP contribution in [-0.4, -0.2) is 64.1 Å². The van der Waals surface area contributed by atoms with Crippen molar-refractivity contribution in [1.82, 2.24) is 0 Å². The Morgan fingerprint density at radius 2 is 0.964 bits per heavy atom. The molecule has 0 radical (unpaired) electrons. The quantitative estimate of drug-likeness (QED) is 0.0151. The van der Waals surface area contributed by atoms with Crippen molar-refractivity contribution in [3.05, 3.63) is 24.5 Å². The van der Waals surface area contributed by atoms with Gasteiger partial charge in [-0.25, -0.2) is 0 Å². The van der Waals surface area contributed by atoms with E-state index in [1.807, 2.05) is 27.2 Å². The molecule has 0 saturated carbocycles. The Bertz CT molecular complexity index is 936. The molecule has 0 rings (SSSR count). The molecule has 9 heteroatoms. The number of allylic oxidation sites excluding steroid dienone is 3. The van der Waals surface area contributed by atoms with Crippen molar-refractivity contribution in [2.24, 2.45) is 0 Å². The number of esters is 1. The van der Waals surface area contributed by atoms with Crippen LogP contribution in [0.3, 0.4) is 0 Å². The zero-order valence-electron chi connectivity index (χ0n) is 36.9. The van der Waals surface area contributed by atoms with Crippen molar-refractivity contribution in [3.63, 3.8) is 0 Å². The predicted octanol–water partition coefficient (Wildman–Crippen LogP) is 13.3. The van der Waals surface area contributed by atoms with Crippen LogP contribution < -0.4 is 4.89 Å². The predicted molar refractivity (Wildman–Crippen MR) is 231 cm³/mol. The van der Waals surface area contributed by atoms with Gasteiger partial charge in [-0.1, -0.05) is 174 Å². The fraction of sp³-hybridized carbons (Fsp3) is 0.891. The molecule has 0 saturated heterocycles. The van der Waals surface area contributed by atoms with E-state index in [0.29, 0.717) is 17.4 Å². The molecule has 326 valence electrons. The Morgan fingerprint density at radius 3 is 1.42 bits per heavy atom. The van der Waals surface area contributed by atoms with E-state index in [9.17, 15) is 14.3 Å². The molecule has 0 aromatic heterocycles. The summed E-state index contributed by atoms with van der Waals surface area (Å²) in [5.74, 6) is -0.356. The molecular formula is C46H90NO7P. The summed E-state index contributed by atoms with van der Waals surface area (Å²) in [6, 6.07) is 0. The van der Waals surface area contributed by atoms with E-state index in [2.05, 4.69) is 26.0 Å². The van der Waals surface area contributed by atoms with Gasteiger partial charge in [-0.05, 0) is 51.0 Å². The van der Waals surface area contributed by atoms with E-state index in [0.717, 1.165) is 32.1 Å². The second kappa shape index (κ2) is 39.6. The number of quaternary nitrogens is 1. The van der Waals surface area contributed by atoms with Crippen LogP contribution in [0.5, 0.6) is 0 Å². The molecule has 0 aliphatic carbocycles. The lowest BCUT2D eigenvalue weighted by Crippen LogP contribution is -2.37. The standard InChI is InChI=1S/C46H90NO7P/c1-6-8-10-12-14-16-18-20-22-24-25-27-29-31-33-35-37-39-46(48)54-45(44-53-55(49,50)52-42-40-47(3,4)5)43-51-41-38-36-34-32-30-28-26-23-21-19-17-15-13-11-9-7-2/h16,18,38,41,45H,6-15,17,19-37,39-40,42-44H2,1-5H3/b18-16+,41-38+/t45-/m1/s1. The third-order valence-electron chi connectivity index (χ3n) is 10.1. The Labute approximate surface area is 341 Å². The zero-order chi connectivity index (χ0) is 40.6. The fourth-order valence-electron chi connectivity index (χ4n) is 6.45. The number of ether oxygens (including phenoxy) is 2. The number of unbranched alkanes of at least 4 members (excludes halogenated alkanes) is 27. The maximum Gasteiger partial charge on any atom is 0.306 e. The van der Waals surface area contributed by atoms with Gasteiger partial charge in [0.05, 0.1) is 34.0 Å². The fourth-order valence-corrected chi connectivity index (χ4v) is 7.18. The number of carbonyl (C=O) groups is 1. The van der Waals surface area contributed by atoms with Crippen molar-refractivity contribution in [2.45, 2.75) is 219 Å². The lowest BCUT2D eigenvalue weighted by molar-refractivity contribution is -0.870. The number of phosphoric ester groups is 1. The van der Waals surface area contributed by atoms with E-state index in [-0.39, 0.29) is 25.8 Å². The first-order valence-electron chi connectivity index (χ1n) is 23.1. The van der Waals surface area contributed by atoms with Gasteiger partial charge >= 0.3 is 5.97 Å². The third kappa shape index (κ3) is 43.8. The number of phosphoric acid groups is 1. The van der Waals surface area contributed by atoms with Crippen molar-refractivity contribution >= 4 is 13.8 Å².